The monoisotopic (exact) mass is 430 g/mol. The van der Waals surface area contributed by atoms with Crippen LogP contribution in [0.25, 0.3) is 10.9 Å². The minimum atomic E-state index is -3.32. The number of nitrogens with zero attached hydrogens (tertiary/aromatic N) is 4. The molecule has 0 amide bonds. The van der Waals surface area contributed by atoms with Crippen LogP contribution in [-0.4, -0.2) is 62.8 Å². The zero-order chi connectivity index (χ0) is 21.3. The van der Waals surface area contributed by atoms with E-state index in [0.29, 0.717) is 12.1 Å². The third-order valence-corrected chi connectivity index (χ3v) is 6.42. The van der Waals surface area contributed by atoms with Gasteiger partial charge in [0.1, 0.15) is 12.1 Å². The summed E-state index contributed by atoms with van der Waals surface area (Å²) in [7, 11) is -1.86. The summed E-state index contributed by atoms with van der Waals surface area (Å²) < 4.78 is 42.8. The van der Waals surface area contributed by atoms with Gasteiger partial charge in [0.15, 0.2) is 21.4 Å². The van der Waals surface area contributed by atoms with Crippen LogP contribution in [-0.2, 0) is 16.4 Å². The molecule has 0 spiro atoms. The zero-order valence-electron chi connectivity index (χ0n) is 16.9. The highest BCUT2D eigenvalue weighted by Crippen LogP contribution is 2.27. The van der Waals surface area contributed by atoms with E-state index in [1.54, 1.807) is 24.3 Å². The fourth-order valence-electron chi connectivity index (χ4n) is 3.69. The van der Waals surface area contributed by atoms with E-state index in [9.17, 15) is 12.8 Å². The van der Waals surface area contributed by atoms with Gasteiger partial charge in [-0.25, -0.2) is 22.8 Å². The quantitative estimate of drug-likeness (QED) is 0.616. The van der Waals surface area contributed by atoms with Crippen molar-refractivity contribution in [3.05, 3.63) is 54.1 Å². The highest BCUT2D eigenvalue weighted by Gasteiger charge is 2.21. The van der Waals surface area contributed by atoms with Gasteiger partial charge < -0.3 is 9.64 Å². The third kappa shape index (κ3) is 4.22. The molecule has 0 unspecified atom stereocenters. The number of anilines is 1. The van der Waals surface area contributed by atoms with Gasteiger partial charge in [0.25, 0.3) is 0 Å². The molecule has 0 N–H and O–H groups in total. The van der Waals surface area contributed by atoms with Crippen LogP contribution in [0.5, 0.6) is 5.75 Å². The lowest BCUT2D eigenvalue weighted by Gasteiger charge is -2.35. The minimum absolute atomic E-state index is 0.243. The largest absolute Gasteiger partial charge is 0.494 e. The average molecular weight is 431 g/mol. The Morgan fingerprint density at radius 3 is 2.50 bits per heavy atom. The molecule has 0 bridgehead atoms. The molecule has 30 heavy (non-hydrogen) atoms. The molecule has 3 aromatic rings. The summed E-state index contributed by atoms with van der Waals surface area (Å²) in [5, 5.41) is 0.728. The molecule has 0 aliphatic carbocycles. The molecule has 0 radical (unpaired) electrons. The van der Waals surface area contributed by atoms with Crippen molar-refractivity contribution in [3.63, 3.8) is 0 Å². The molecular formula is C21H23FN4O3S. The number of benzene rings is 2. The number of sulfone groups is 1. The first-order valence-corrected chi connectivity index (χ1v) is 11.5. The predicted molar refractivity (Wildman–Crippen MR) is 113 cm³/mol. The lowest BCUT2D eigenvalue weighted by Crippen LogP contribution is -2.46. The first-order chi connectivity index (χ1) is 14.3. The van der Waals surface area contributed by atoms with Crippen molar-refractivity contribution >= 4 is 26.6 Å². The van der Waals surface area contributed by atoms with Crippen LogP contribution < -0.4 is 9.64 Å². The Hall–Kier alpha value is -2.78. The molecule has 7 nitrogen and oxygen atoms in total. The van der Waals surface area contributed by atoms with Crippen LogP contribution in [0, 0.1) is 5.82 Å². The summed E-state index contributed by atoms with van der Waals surface area (Å²) in [5.41, 5.74) is 1.61. The molecule has 4 rings (SSSR count). The van der Waals surface area contributed by atoms with Gasteiger partial charge >= 0.3 is 0 Å². The minimum Gasteiger partial charge on any atom is -0.494 e. The van der Waals surface area contributed by atoms with Crippen molar-refractivity contribution in [2.45, 2.75) is 11.4 Å². The molecular weight excluding hydrogens is 407 g/mol. The van der Waals surface area contributed by atoms with Crippen molar-refractivity contribution in [2.24, 2.45) is 0 Å². The third-order valence-electron chi connectivity index (χ3n) is 5.31. The molecule has 1 aliphatic heterocycles. The van der Waals surface area contributed by atoms with Crippen LogP contribution in [0.1, 0.15) is 5.56 Å². The van der Waals surface area contributed by atoms with Gasteiger partial charge in [0.05, 0.1) is 17.5 Å². The molecule has 2 aromatic carbocycles. The maximum absolute atomic E-state index is 13.9. The fraction of sp³-hybridized carbons (Fsp3) is 0.333. The maximum Gasteiger partial charge on any atom is 0.175 e. The smallest absolute Gasteiger partial charge is 0.175 e. The molecule has 1 aliphatic rings. The van der Waals surface area contributed by atoms with Crippen molar-refractivity contribution in [2.75, 3.05) is 44.4 Å². The van der Waals surface area contributed by atoms with E-state index in [1.165, 1.54) is 25.8 Å². The summed E-state index contributed by atoms with van der Waals surface area (Å²) in [6.07, 6.45) is 2.70. The number of hydrogen-bond acceptors (Lipinski definition) is 7. The number of hydrogen-bond donors (Lipinski definition) is 0. The first-order valence-electron chi connectivity index (χ1n) is 9.60. The first kappa shape index (κ1) is 20.5. The van der Waals surface area contributed by atoms with Crippen molar-refractivity contribution in [1.82, 2.24) is 14.9 Å². The second-order valence-corrected chi connectivity index (χ2v) is 9.40. The van der Waals surface area contributed by atoms with Gasteiger partial charge in [-0.3, -0.25) is 4.90 Å². The van der Waals surface area contributed by atoms with Gasteiger partial charge in [-0.15, -0.1) is 0 Å². The van der Waals surface area contributed by atoms with E-state index in [0.717, 1.165) is 42.9 Å². The number of aromatic nitrogens is 2. The number of ether oxygens (including phenoxy) is 1. The Balaban J connectivity index is 1.50. The van der Waals surface area contributed by atoms with Gasteiger partial charge in [0, 0.05) is 44.4 Å². The Morgan fingerprint density at radius 2 is 1.83 bits per heavy atom. The van der Waals surface area contributed by atoms with Crippen LogP contribution >= 0.6 is 0 Å². The van der Waals surface area contributed by atoms with Crippen molar-refractivity contribution in [3.8, 4) is 5.75 Å². The van der Waals surface area contributed by atoms with E-state index < -0.39 is 9.84 Å². The van der Waals surface area contributed by atoms with E-state index in [-0.39, 0.29) is 16.5 Å². The van der Waals surface area contributed by atoms with Crippen LogP contribution in [0.15, 0.2) is 47.6 Å². The number of methoxy groups -OCH3 is 1. The lowest BCUT2D eigenvalue weighted by atomic mass is 10.1. The molecule has 9 heteroatoms. The number of halogens is 1. The Morgan fingerprint density at radius 1 is 1.07 bits per heavy atom. The molecule has 1 saturated heterocycles. The maximum atomic E-state index is 13.9. The molecule has 0 atom stereocenters. The summed E-state index contributed by atoms with van der Waals surface area (Å²) in [6.45, 7) is 3.68. The molecule has 2 heterocycles. The van der Waals surface area contributed by atoms with E-state index in [2.05, 4.69) is 19.8 Å². The zero-order valence-corrected chi connectivity index (χ0v) is 17.7. The van der Waals surface area contributed by atoms with E-state index in [4.69, 9.17) is 4.74 Å². The SMILES string of the molecule is COc1ccc(CN2CCN(c3ncnc4ccc(S(C)(=O)=O)cc34)CC2)cc1F. The highest BCUT2D eigenvalue weighted by atomic mass is 32.2. The van der Waals surface area contributed by atoms with Crippen LogP contribution in [0.4, 0.5) is 10.2 Å². The molecule has 1 aromatic heterocycles. The normalized spacial score (nSPS) is 15.5. The Labute approximate surface area is 175 Å². The van der Waals surface area contributed by atoms with Crippen LogP contribution in [0.2, 0.25) is 0 Å². The summed E-state index contributed by atoms with van der Waals surface area (Å²) in [4.78, 5) is 13.3. The topological polar surface area (TPSA) is 75.6 Å². The van der Waals surface area contributed by atoms with Crippen molar-refractivity contribution < 1.29 is 17.5 Å². The lowest BCUT2D eigenvalue weighted by molar-refractivity contribution is 0.249. The van der Waals surface area contributed by atoms with Gasteiger partial charge in [-0.05, 0) is 35.9 Å². The standard InChI is InChI=1S/C21H23FN4O3S/c1-29-20-6-3-15(11-18(20)22)13-25-7-9-26(10-8-25)21-17-12-16(30(2,27)28)4-5-19(17)23-14-24-21/h3-6,11-12,14H,7-10,13H2,1-2H3. The van der Waals surface area contributed by atoms with E-state index in [1.807, 2.05) is 6.07 Å². The average Bonchev–Trinajstić information content (AvgIpc) is 2.73. The molecule has 158 valence electrons. The summed E-state index contributed by atoms with van der Waals surface area (Å²) in [6, 6.07) is 9.96. The van der Waals surface area contributed by atoms with Crippen LogP contribution in [0.3, 0.4) is 0 Å². The molecule has 0 saturated carbocycles. The van der Waals surface area contributed by atoms with Crippen molar-refractivity contribution in [1.29, 1.82) is 0 Å². The second-order valence-electron chi connectivity index (χ2n) is 7.38. The molecule has 1 fully saturated rings. The Bertz CT molecular complexity index is 1180. The van der Waals surface area contributed by atoms with Gasteiger partial charge in [-0.1, -0.05) is 6.07 Å². The highest BCUT2D eigenvalue weighted by molar-refractivity contribution is 7.90. The number of piperazine rings is 1. The second kappa shape index (κ2) is 8.16. The van der Waals surface area contributed by atoms with E-state index >= 15 is 0 Å². The summed E-state index contributed by atoms with van der Waals surface area (Å²) >= 11 is 0. The summed E-state index contributed by atoms with van der Waals surface area (Å²) in [5.74, 6) is 0.621. The Kier molecular flexibility index (Phi) is 5.57. The van der Waals surface area contributed by atoms with Gasteiger partial charge in [-0.2, -0.15) is 0 Å². The fourth-order valence-corrected chi connectivity index (χ4v) is 4.34. The van der Waals surface area contributed by atoms with Gasteiger partial charge in [0.2, 0.25) is 0 Å². The number of rotatable bonds is 5. The predicted octanol–water partition coefficient (Wildman–Crippen LogP) is 2.50. The number of fused-ring (bicyclic) bond motifs is 1.